The molecule has 3 aromatic carbocycles. The van der Waals surface area contributed by atoms with Crippen LogP contribution in [0.25, 0.3) is 10.8 Å². The van der Waals surface area contributed by atoms with Gasteiger partial charge in [-0.1, -0.05) is 18.2 Å². The number of esters is 1. The first kappa shape index (κ1) is 17.9. The average Bonchev–Trinajstić information content (AvgIpc) is 2.63. The SMILES string of the molecule is N=C(N)c1ccc2c(CC(N)=O)c(OC(=O)c3ccc(N)cc3)ccc2c1. The molecular formula is C20H18N4O3. The largest absolute Gasteiger partial charge is 0.423 e. The average molecular weight is 362 g/mol. The van der Waals surface area contributed by atoms with Crippen LogP contribution in [-0.2, 0) is 11.2 Å². The second-order valence-electron chi connectivity index (χ2n) is 6.05. The number of ether oxygens (including phenoxy) is 1. The van der Waals surface area contributed by atoms with Gasteiger partial charge in [0.05, 0.1) is 12.0 Å². The molecule has 3 rings (SSSR count). The number of amides is 1. The molecule has 1 amide bonds. The van der Waals surface area contributed by atoms with Crippen LogP contribution in [0.3, 0.4) is 0 Å². The van der Waals surface area contributed by atoms with Crippen LogP contribution in [0.4, 0.5) is 5.69 Å². The molecule has 0 saturated heterocycles. The monoisotopic (exact) mass is 362 g/mol. The van der Waals surface area contributed by atoms with E-state index in [0.717, 1.165) is 5.39 Å². The molecule has 0 bridgehead atoms. The predicted molar refractivity (Wildman–Crippen MR) is 104 cm³/mol. The van der Waals surface area contributed by atoms with Crippen molar-refractivity contribution in [2.45, 2.75) is 6.42 Å². The molecule has 0 radical (unpaired) electrons. The zero-order valence-electron chi connectivity index (χ0n) is 14.4. The highest BCUT2D eigenvalue weighted by Gasteiger charge is 2.16. The van der Waals surface area contributed by atoms with Crippen molar-refractivity contribution in [2.75, 3.05) is 5.73 Å². The lowest BCUT2D eigenvalue weighted by Gasteiger charge is -2.13. The highest BCUT2D eigenvalue weighted by atomic mass is 16.5. The first-order valence-corrected chi connectivity index (χ1v) is 8.11. The van der Waals surface area contributed by atoms with Crippen LogP contribution >= 0.6 is 0 Å². The molecule has 0 heterocycles. The number of anilines is 1. The predicted octanol–water partition coefficient (Wildman–Crippen LogP) is 1.95. The Morgan fingerprint density at radius 2 is 1.59 bits per heavy atom. The minimum Gasteiger partial charge on any atom is -0.423 e. The number of fused-ring (bicyclic) bond motifs is 1. The molecule has 3 aromatic rings. The van der Waals surface area contributed by atoms with E-state index in [1.54, 1.807) is 54.6 Å². The number of nitrogen functional groups attached to an aromatic ring is 2. The van der Waals surface area contributed by atoms with Gasteiger partial charge in [0.25, 0.3) is 0 Å². The zero-order valence-corrected chi connectivity index (χ0v) is 14.4. The number of hydrogen-bond donors (Lipinski definition) is 4. The molecule has 0 saturated carbocycles. The fourth-order valence-corrected chi connectivity index (χ4v) is 2.77. The van der Waals surface area contributed by atoms with Crippen molar-refractivity contribution >= 4 is 34.2 Å². The Balaban J connectivity index is 2.04. The molecule has 136 valence electrons. The van der Waals surface area contributed by atoms with Crippen LogP contribution in [0.2, 0.25) is 0 Å². The van der Waals surface area contributed by atoms with Crippen molar-refractivity contribution in [1.82, 2.24) is 0 Å². The Labute approximate surface area is 155 Å². The van der Waals surface area contributed by atoms with Crippen molar-refractivity contribution in [2.24, 2.45) is 11.5 Å². The molecule has 7 nitrogen and oxygen atoms in total. The maximum absolute atomic E-state index is 12.4. The Morgan fingerprint density at radius 1 is 0.926 bits per heavy atom. The first-order valence-electron chi connectivity index (χ1n) is 8.11. The van der Waals surface area contributed by atoms with Crippen molar-refractivity contribution in [3.8, 4) is 5.75 Å². The quantitative estimate of drug-likeness (QED) is 0.180. The zero-order chi connectivity index (χ0) is 19.6. The Hall–Kier alpha value is -3.87. The molecule has 0 aromatic heterocycles. The minimum atomic E-state index is -0.569. The number of carbonyl (C=O) groups excluding carboxylic acids is 2. The van der Waals surface area contributed by atoms with Crippen LogP contribution in [0.5, 0.6) is 5.75 Å². The fraction of sp³-hybridized carbons (Fsp3) is 0.0500. The lowest BCUT2D eigenvalue weighted by molar-refractivity contribution is -0.117. The number of primary amides is 1. The van der Waals surface area contributed by atoms with E-state index in [1.165, 1.54) is 0 Å². The van der Waals surface area contributed by atoms with E-state index >= 15 is 0 Å². The van der Waals surface area contributed by atoms with E-state index in [4.69, 9.17) is 27.3 Å². The van der Waals surface area contributed by atoms with E-state index in [9.17, 15) is 9.59 Å². The number of hydrogen-bond acceptors (Lipinski definition) is 5. The minimum absolute atomic E-state index is 0.0628. The van der Waals surface area contributed by atoms with Crippen molar-refractivity contribution < 1.29 is 14.3 Å². The van der Waals surface area contributed by atoms with Gasteiger partial charge >= 0.3 is 5.97 Å². The molecule has 0 aliphatic carbocycles. The standard InChI is InChI=1S/C20H18N4O3/c21-14-5-1-11(2-6-14)20(26)27-17-8-4-12-9-13(19(23)24)3-7-15(12)16(17)10-18(22)25/h1-9H,10,21H2,(H2,22,25)(H3,23,24). The second kappa shape index (κ2) is 7.17. The number of benzene rings is 3. The van der Waals surface area contributed by atoms with Crippen LogP contribution in [0.1, 0.15) is 21.5 Å². The van der Waals surface area contributed by atoms with Gasteiger partial charge in [-0.2, -0.15) is 0 Å². The van der Waals surface area contributed by atoms with Crippen molar-refractivity contribution in [3.05, 3.63) is 71.3 Å². The Morgan fingerprint density at radius 3 is 2.22 bits per heavy atom. The Bertz CT molecular complexity index is 1060. The van der Waals surface area contributed by atoms with Gasteiger partial charge in [0.15, 0.2) is 0 Å². The molecule has 7 heteroatoms. The van der Waals surface area contributed by atoms with Gasteiger partial charge in [-0.15, -0.1) is 0 Å². The van der Waals surface area contributed by atoms with Crippen LogP contribution in [0, 0.1) is 5.41 Å². The third-order valence-electron chi connectivity index (χ3n) is 4.10. The lowest BCUT2D eigenvalue weighted by Crippen LogP contribution is -2.16. The molecule has 27 heavy (non-hydrogen) atoms. The third kappa shape index (κ3) is 3.87. The van der Waals surface area contributed by atoms with Crippen LogP contribution in [0.15, 0.2) is 54.6 Å². The summed E-state index contributed by atoms with van der Waals surface area (Å²) in [5.74, 6) is -0.936. The molecule has 0 spiro atoms. The Kier molecular flexibility index (Phi) is 4.76. The van der Waals surface area contributed by atoms with Gasteiger partial charge in [-0.05, 0) is 47.2 Å². The topological polar surface area (TPSA) is 145 Å². The summed E-state index contributed by atoms with van der Waals surface area (Å²) in [6.07, 6.45) is -0.0961. The van der Waals surface area contributed by atoms with Gasteiger partial charge in [0.1, 0.15) is 11.6 Å². The summed E-state index contributed by atoms with van der Waals surface area (Å²) in [6, 6.07) is 14.8. The van der Waals surface area contributed by atoms with Gasteiger partial charge in [0.2, 0.25) is 5.91 Å². The van der Waals surface area contributed by atoms with Gasteiger partial charge < -0.3 is 21.9 Å². The maximum atomic E-state index is 12.4. The lowest BCUT2D eigenvalue weighted by atomic mass is 9.98. The summed E-state index contributed by atoms with van der Waals surface area (Å²) in [4.78, 5) is 24.0. The van der Waals surface area contributed by atoms with E-state index in [1.807, 2.05) is 0 Å². The molecule has 7 N–H and O–H groups in total. The first-order chi connectivity index (χ1) is 12.8. The van der Waals surface area contributed by atoms with Crippen LogP contribution < -0.4 is 21.9 Å². The van der Waals surface area contributed by atoms with Gasteiger partial charge in [-0.25, -0.2) is 4.79 Å². The number of nitrogens with one attached hydrogen (secondary N) is 1. The third-order valence-corrected chi connectivity index (χ3v) is 4.10. The van der Waals surface area contributed by atoms with E-state index in [0.29, 0.717) is 27.8 Å². The summed E-state index contributed by atoms with van der Waals surface area (Å²) in [5.41, 5.74) is 18.4. The molecule has 0 aliphatic rings. The maximum Gasteiger partial charge on any atom is 0.343 e. The highest BCUT2D eigenvalue weighted by molar-refractivity contribution is 6.01. The smallest absolute Gasteiger partial charge is 0.343 e. The number of carbonyl (C=O) groups is 2. The fourth-order valence-electron chi connectivity index (χ4n) is 2.77. The summed E-state index contributed by atoms with van der Waals surface area (Å²) in [6.45, 7) is 0. The molecular weight excluding hydrogens is 344 g/mol. The summed E-state index contributed by atoms with van der Waals surface area (Å²) < 4.78 is 5.50. The van der Waals surface area contributed by atoms with Crippen molar-refractivity contribution in [3.63, 3.8) is 0 Å². The summed E-state index contributed by atoms with van der Waals surface area (Å²) in [7, 11) is 0. The second-order valence-corrected chi connectivity index (χ2v) is 6.05. The van der Waals surface area contributed by atoms with Crippen LogP contribution in [-0.4, -0.2) is 17.7 Å². The van der Waals surface area contributed by atoms with E-state index in [2.05, 4.69) is 0 Å². The number of amidine groups is 1. The highest BCUT2D eigenvalue weighted by Crippen LogP contribution is 2.30. The van der Waals surface area contributed by atoms with Gasteiger partial charge in [-0.3, -0.25) is 10.2 Å². The molecule has 0 aliphatic heterocycles. The van der Waals surface area contributed by atoms with Crippen molar-refractivity contribution in [1.29, 1.82) is 5.41 Å². The summed E-state index contributed by atoms with van der Waals surface area (Å²) in [5, 5.41) is 9.00. The van der Waals surface area contributed by atoms with E-state index < -0.39 is 11.9 Å². The number of rotatable bonds is 5. The normalized spacial score (nSPS) is 10.5. The molecule has 0 unspecified atom stereocenters. The van der Waals surface area contributed by atoms with E-state index in [-0.39, 0.29) is 18.0 Å². The number of nitrogens with two attached hydrogens (primary N) is 3. The molecule has 0 fully saturated rings. The van der Waals surface area contributed by atoms with Gasteiger partial charge in [0, 0.05) is 16.8 Å². The molecule has 0 atom stereocenters. The summed E-state index contributed by atoms with van der Waals surface area (Å²) >= 11 is 0.